The normalized spacial score (nSPS) is 39.6. The van der Waals surface area contributed by atoms with Gasteiger partial charge in [-0.3, -0.25) is 19.2 Å². The van der Waals surface area contributed by atoms with E-state index in [9.17, 15) is 44.4 Å². The Morgan fingerprint density at radius 1 is 0.866 bits per heavy atom. The van der Waals surface area contributed by atoms with Gasteiger partial charge in [-0.25, -0.2) is 4.79 Å². The molecule has 0 aromatic rings. The van der Waals surface area contributed by atoms with Crippen molar-refractivity contribution < 1.29 is 68.1 Å². The van der Waals surface area contributed by atoms with Crippen molar-refractivity contribution >= 4 is 29.2 Å². The lowest BCUT2D eigenvalue weighted by atomic mass is 9.78. The standard InChI is InChI=1S/C52H81NO14/c1-31-15-11-10-12-16-32(2)41(55)29-39-20-18-37(7)52(62,67-39)49(59)50(60)53-22-14-13-17-40(53)51(61)66-44(34(4)27-38-19-21-43(65-24-23-54)45(28-38)63-8)30-42(56)33(3)26-36(6)47(58)48(64-9)46(57)35(5)25-31/h10-12,15-16,26,31,33-35,37-41,43-45,47-48,54-55,58,62H,13-14,17-25,27-30H2,1-9H3/b12-10+,15-11-,32-16+,36-26+. The second kappa shape index (κ2) is 26.5. The van der Waals surface area contributed by atoms with Crippen LogP contribution in [0.15, 0.2) is 47.6 Å². The van der Waals surface area contributed by atoms with Crippen LogP contribution >= 0.6 is 0 Å². The van der Waals surface area contributed by atoms with E-state index in [1.54, 1.807) is 60.0 Å². The number of amides is 1. The highest BCUT2D eigenvalue weighted by Crippen LogP contribution is 2.38. The van der Waals surface area contributed by atoms with E-state index in [-0.39, 0.29) is 80.5 Å². The van der Waals surface area contributed by atoms with Crippen LogP contribution in [0.4, 0.5) is 0 Å². The molecule has 4 N–H and O–H groups in total. The monoisotopic (exact) mass is 944 g/mol. The molecule has 0 spiro atoms. The molecule has 1 amide bonds. The number of piperidine rings is 1. The van der Waals surface area contributed by atoms with Crippen molar-refractivity contribution in [3.63, 3.8) is 0 Å². The number of cyclic esters (lactones) is 1. The molecule has 0 aromatic carbocycles. The van der Waals surface area contributed by atoms with E-state index >= 15 is 0 Å². The quantitative estimate of drug-likeness (QED) is 0.134. The van der Waals surface area contributed by atoms with Gasteiger partial charge in [0.05, 0.1) is 37.6 Å². The lowest BCUT2D eigenvalue weighted by molar-refractivity contribution is -0.265. The summed E-state index contributed by atoms with van der Waals surface area (Å²) in [5.41, 5.74) is 0.998. The number of allylic oxidation sites excluding steroid dienone is 6. The molecule has 15 atom stereocenters. The zero-order valence-electron chi connectivity index (χ0n) is 41.5. The number of esters is 1. The summed E-state index contributed by atoms with van der Waals surface area (Å²) in [7, 11) is 2.99. The number of nitrogens with zero attached hydrogens (tertiary/aromatic N) is 1. The van der Waals surface area contributed by atoms with Crippen molar-refractivity contribution in [1.29, 1.82) is 0 Å². The van der Waals surface area contributed by atoms with Gasteiger partial charge >= 0.3 is 5.97 Å². The minimum absolute atomic E-state index is 0.00840. The molecule has 67 heavy (non-hydrogen) atoms. The molecule has 3 fully saturated rings. The summed E-state index contributed by atoms with van der Waals surface area (Å²) in [6.45, 7) is 12.6. The highest BCUT2D eigenvalue weighted by Gasteiger charge is 2.53. The number of ketones is 3. The van der Waals surface area contributed by atoms with E-state index in [0.29, 0.717) is 62.5 Å². The Balaban J connectivity index is 1.68. The summed E-state index contributed by atoms with van der Waals surface area (Å²) in [6.07, 6.45) is 10.3. The Hall–Kier alpha value is -3.41. The molecule has 0 aromatic heterocycles. The minimum Gasteiger partial charge on any atom is -0.460 e. The third-order valence-electron chi connectivity index (χ3n) is 14.6. The third-order valence-corrected chi connectivity index (χ3v) is 14.6. The fourth-order valence-corrected chi connectivity index (χ4v) is 10.2. The first kappa shape index (κ1) is 56.2. The summed E-state index contributed by atoms with van der Waals surface area (Å²) in [5, 5.41) is 43.8. The number of hydrogen-bond donors (Lipinski definition) is 4. The molecule has 4 rings (SSSR count). The van der Waals surface area contributed by atoms with E-state index in [4.69, 9.17) is 23.7 Å². The zero-order valence-corrected chi connectivity index (χ0v) is 41.5. The Morgan fingerprint density at radius 3 is 2.28 bits per heavy atom. The fraction of sp³-hybridized carbons (Fsp3) is 0.750. The van der Waals surface area contributed by atoms with E-state index in [2.05, 4.69) is 0 Å². The lowest BCUT2D eigenvalue weighted by Gasteiger charge is -2.42. The molecule has 15 nitrogen and oxygen atoms in total. The van der Waals surface area contributed by atoms with E-state index in [1.165, 1.54) is 7.11 Å². The van der Waals surface area contributed by atoms with Gasteiger partial charge in [0.1, 0.15) is 30.1 Å². The first-order valence-corrected chi connectivity index (χ1v) is 24.6. The molecular weight excluding hydrogens is 863 g/mol. The molecule has 1 aliphatic carbocycles. The number of hydrogen-bond acceptors (Lipinski definition) is 14. The van der Waals surface area contributed by atoms with Crippen LogP contribution in [0.25, 0.3) is 0 Å². The molecule has 4 aliphatic rings. The van der Waals surface area contributed by atoms with Crippen LogP contribution in [0.5, 0.6) is 0 Å². The zero-order chi connectivity index (χ0) is 49.6. The van der Waals surface area contributed by atoms with Crippen LogP contribution in [-0.4, -0.2) is 143 Å². The Bertz CT molecular complexity index is 1790. The predicted molar refractivity (Wildman–Crippen MR) is 251 cm³/mol. The van der Waals surface area contributed by atoms with Crippen molar-refractivity contribution in [2.45, 2.75) is 180 Å². The summed E-state index contributed by atoms with van der Waals surface area (Å²) < 4.78 is 29.5. The lowest BCUT2D eigenvalue weighted by Crippen LogP contribution is -2.61. The molecule has 2 saturated heterocycles. The first-order valence-electron chi connectivity index (χ1n) is 24.6. The number of carbonyl (C=O) groups is 5. The van der Waals surface area contributed by atoms with Gasteiger partial charge in [0, 0.05) is 51.4 Å². The number of rotatable bonds is 8. The fourth-order valence-electron chi connectivity index (χ4n) is 10.2. The number of fused-ring (bicyclic) bond motifs is 3. The highest BCUT2D eigenvalue weighted by molar-refractivity contribution is 6.39. The molecule has 15 heteroatoms. The number of carbonyl (C=O) groups excluding carboxylic acids is 5. The van der Waals surface area contributed by atoms with Crippen LogP contribution in [-0.2, 0) is 47.7 Å². The number of Topliss-reactive ketones (excluding diaryl/α,β-unsaturated/α-hetero) is 3. The molecule has 378 valence electrons. The summed E-state index contributed by atoms with van der Waals surface area (Å²) in [6, 6.07) is -1.16. The third kappa shape index (κ3) is 15.3. The average Bonchev–Trinajstić information content (AvgIpc) is 3.30. The number of methoxy groups -OCH3 is 2. The van der Waals surface area contributed by atoms with Crippen LogP contribution in [0, 0.1) is 35.5 Å². The molecule has 3 aliphatic heterocycles. The maximum atomic E-state index is 14.4. The van der Waals surface area contributed by atoms with E-state index in [0.717, 1.165) is 11.3 Å². The average molecular weight is 944 g/mol. The van der Waals surface area contributed by atoms with E-state index in [1.807, 2.05) is 32.1 Å². The summed E-state index contributed by atoms with van der Waals surface area (Å²) in [4.78, 5) is 71.8. The summed E-state index contributed by atoms with van der Waals surface area (Å²) >= 11 is 0. The van der Waals surface area contributed by atoms with Gasteiger partial charge in [0.25, 0.3) is 11.7 Å². The van der Waals surface area contributed by atoms with Gasteiger partial charge in [-0.15, -0.1) is 0 Å². The van der Waals surface area contributed by atoms with Crippen LogP contribution in [0.3, 0.4) is 0 Å². The highest BCUT2D eigenvalue weighted by atomic mass is 16.6. The Labute approximate surface area is 398 Å². The second-order valence-corrected chi connectivity index (χ2v) is 19.9. The van der Waals surface area contributed by atoms with Crippen molar-refractivity contribution in [2.24, 2.45) is 35.5 Å². The van der Waals surface area contributed by atoms with Gasteiger partial charge in [0.15, 0.2) is 5.78 Å². The first-order chi connectivity index (χ1) is 31.7. The van der Waals surface area contributed by atoms with Crippen LogP contribution in [0.2, 0.25) is 0 Å². The Kier molecular flexibility index (Phi) is 22.3. The smallest absolute Gasteiger partial charge is 0.329 e. The topological polar surface area (TPSA) is 216 Å². The molecule has 1 saturated carbocycles. The van der Waals surface area contributed by atoms with Gasteiger partial charge in [-0.05, 0) is 107 Å². The number of aliphatic hydroxyl groups excluding tert-OH is 3. The van der Waals surface area contributed by atoms with Crippen molar-refractivity contribution in [3.05, 3.63) is 47.6 Å². The minimum atomic E-state index is -2.49. The van der Waals surface area contributed by atoms with Gasteiger partial charge in [-0.2, -0.15) is 0 Å². The number of aliphatic hydroxyl groups is 4. The SMILES string of the molecule is COC1CC(CC(C)C2CC(=O)C(C)/C=C(\C)C(O)C(OC)C(=O)C(C)CC(C)\C=C/C=C/C=C(\C)C(O)CC3CCC(C)C(O)(O3)C(=O)C(=O)N3CCCCC3C(=O)O2)CCC1OCCO. The Morgan fingerprint density at radius 2 is 1.60 bits per heavy atom. The van der Waals surface area contributed by atoms with Crippen LogP contribution < -0.4 is 0 Å². The second-order valence-electron chi connectivity index (χ2n) is 19.9. The maximum absolute atomic E-state index is 14.4. The predicted octanol–water partition coefficient (Wildman–Crippen LogP) is 5.54. The largest absolute Gasteiger partial charge is 0.460 e. The van der Waals surface area contributed by atoms with Crippen molar-refractivity contribution in [3.8, 4) is 0 Å². The van der Waals surface area contributed by atoms with E-state index < -0.39 is 77.8 Å². The molecule has 2 bridgehead atoms. The van der Waals surface area contributed by atoms with Crippen LogP contribution in [0.1, 0.15) is 126 Å². The number of ether oxygens (including phenoxy) is 5. The summed E-state index contributed by atoms with van der Waals surface area (Å²) in [5.74, 6) is -8.25. The van der Waals surface area contributed by atoms with Gasteiger partial charge in [0.2, 0.25) is 5.79 Å². The molecule has 15 unspecified atom stereocenters. The maximum Gasteiger partial charge on any atom is 0.329 e. The van der Waals surface area contributed by atoms with Gasteiger partial charge in [-0.1, -0.05) is 71.1 Å². The molecule has 3 heterocycles. The molecule has 0 radical (unpaired) electrons. The molecular formula is C52H81NO14. The van der Waals surface area contributed by atoms with Crippen molar-refractivity contribution in [1.82, 2.24) is 4.90 Å². The van der Waals surface area contributed by atoms with Crippen molar-refractivity contribution in [2.75, 3.05) is 34.0 Å². The van der Waals surface area contributed by atoms with Gasteiger partial charge < -0.3 is 49.0 Å².